The Labute approximate surface area is 115 Å². The molecule has 0 aliphatic carbocycles. The van der Waals surface area contributed by atoms with Gasteiger partial charge >= 0.3 is 5.97 Å². The number of carbonyl (C=O) groups is 2. The first-order chi connectivity index (χ1) is 9.41. The third kappa shape index (κ3) is 4.56. The van der Waals surface area contributed by atoms with E-state index in [0.29, 0.717) is 0 Å². The predicted molar refractivity (Wildman–Crippen MR) is 71.5 cm³/mol. The molecule has 0 fully saturated rings. The van der Waals surface area contributed by atoms with Gasteiger partial charge in [0.1, 0.15) is 5.69 Å². The van der Waals surface area contributed by atoms with Gasteiger partial charge in [0, 0.05) is 19.7 Å². The van der Waals surface area contributed by atoms with Gasteiger partial charge in [-0.3, -0.25) is 19.7 Å². The molecule has 2 N–H and O–H groups in total. The predicted octanol–water partition coefficient (Wildman–Crippen LogP) is 0.940. The van der Waals surface area contributed by atoms with Crippen LogP contribution in [0.15, 0.2) is 24.3 Å². The zero-order valence-electron chi connectivity index (χ0n) is 10.9. The minimum absolute atomic E-state index is 0.0900. The van der Waals surface area contributed by atoms with Crippen molar-refractivity contribution in [2.45, 2.75) is 6.42 Å². The molecule has 0 aromatic heterocycles. The fourth-order valence-electron chi connectivity index (χ4n) is 1.48. The maximum absolute atomic E-state index is 11.7. The zero-order chi connectivity index (χ0) is 15.1. The number of carbonyl (C=O) groups excluding carboxylic acids is 1. The summed E-state index contributed by atoms with van der Waals surface area (Å²) >= 11 is 0. The second-order valence-electron chi connectivity index (χ2n) is 4.09. The first kappa shape index (κ1) is 15.4. The molecule has 1 rings (SSSR count). The van der Waals surface area contributed by atoms with E-state index < -0.39 is 10.9 Å². The van der Waals surface area contributed by atoms with E-state index in [2.05, 4.69) is 5.32 Å². The Hall–Kier alpha value is -2.64. The van der Waals surface area contributed by atoms with Gasteiger partial charge in [0.05, 0.1) is 17.9 Å². The molecule has 0 bridgehead atoms. The number of hydrogen-bond acceptors (Lipinski definition) is 5. The lowest BCUT2D eigenvalue weighted by molar-refractivity contribution is -0.383. The lowest BCUT2D eigenvalue weighted by atomic mass is 10.2. The Kier molecular flexibility index (Phi) is 5.45. The summed E-state index contributed by atoms with van der Waals surface area (Å²) in [6.07, 6.45) is -0.145. The molecule has 0 atom stereocenters. The zero-order valence-corrected chi connectivity index (χ0v) is 10.9. The Morgan fingerprint density at radius 3 is 2.65 bits per heavy atom. The molecule has 0 saturated heterocycles. The topological polar surface area (TPSA) is 113 Å². The van der Waals surface area contributed by atoms with Crippen molar-refractivity contribution in [1.82, 2.24) is 4.90 Å². The van der Waals surface area contributed by atoms with Crippen LogP contribution in [0, 0.1) is 10.1 Å². The monoisotopic (exact) mass is 281 g/mol. The van der Waals surface area contributed by atoms with Crippen molar-refractivity contribution in [3.63, 3.8) is 0 Å². The number of nitro groups is 1. The van der Waals surface area contributed by atoms with Crippen LogP contribution in [0.5, 0.6) is 0 Å². The van der Waals surface area contributed by atoms with Crippen LogP contribution in [0.1, 0.15) is 6.42 Å². The molecule has 0 heterocycles. The van der Waals surface area contributed by atoms with Crippen molar-refractivity contribution in [2.75, 3.05) is 25.5 Å². The van der Waals surface area contributed by atoms with Crippen LogP contribution < -0.4 is 5.32 Å². The van der Waals surface area contributed by atoms with Crippen LogP contribution in [0.2, 0.25) is 0 Å². The molecule has 0 spiro atoms. The third-order valence-electron chi connectivity index (χ3n) is 2.62. The Morgan fingerprint density at radius 2 is 2.05 bits per heavy atom. The van der Waals surface area contributed by atoms with Crippen LogP contribution in [0.25, 0.3) is 0 Å². The maximum Gasteiger partial charge on any atom is 0.305 e. The SMILES string of the molecule is CN(CCC(=O)O)C(=O)CNc1ccccc1[N+](=O)[O-]. The summed E-state index contributed by atoms with van der Waals surface area (Å²) in [5.74, 6) is -1.33. The Morgan fingerprint density at radius 1 is 1.40 bits per heavy atom. The van der Waals surface area contributed by atoms with Gasteiger partial charge in [0.15, 0.2) is 0 Å². The number of aliphatic carboxylic acids is 1. The highest BCUT2D eigenvalue weighted by Crippen LogP contribution is 2.22. The number of nitrogens with one attached hydrogen (secondary N) is 1. The highest BCUT2D eigenvalue weighted by molar-refractivity contribution is 5.82. The van der Waals surface area contributed by atoms with E-state index in [0.717, 1.165) is 0 Å². The molecule has 1 aromatic rings. The van der Waals surface area contributed by atoms with Crippen molar-refractivity contribution in [1.29, 1.82) is 0 Å². The van der Waals surface area contributed by atoms with Crippen LogP contribution >= 0.6 is 0 Å². The van der Waals surface area contributed by atoms with Crippen LogP contribution in [-0.2, 0) is 9.59 Å². The highest BCUT2D eigenvalue weighted by Gasteiger charge is 2.14. The standard InChI is InChI=1S/C12H15N3O5/c1-14(7-6-12(17)18)11(16)8-13-9-4-2-3-5-10(9)15(19)20/h2-5,13H,6-8H2,1H3,(H,17,18). The van der Waals surface area contributed by atoms with Gasteiger partial charge in [-0.1, -0.05) is 12.1 Å². The highest BCUT2D eigenvalue weighted by atomic mass is 16.6. The van der Waals surface area contributed by atoms with Gasteiger partial charge in [0.2, 0.25) is 5.91 Å². The molecule has 20 heavy (non-hydrogen) atoms. The van der Waals surface area contributed by atoms with Gasteiger partial charge in [0.25, 0.3) is 5.69 Å². The summed E-state index contributed by atoms with van der Waals surface area (Å²) in [6.45, 7) is -0.0479. The number of carboxylic acids is 1. The molecule has 8 nitrogen and oxygen atoms in total. The minimum Gasteiger partial charge on any atom is -0.481 e. The smallest absolute Gasteiger partial charge is 0.305 e. The number of carboxylic acid groups (broad SMARTS) is 1. The number of amides is 1. The molecular formula is C12H15N3O5. The number of hydrogen-bond donors (Lipinski definition) is 2. The van der Waals surface area contributed by atoms with E-state index in [4.69, 9.17) is 5.11 Å². The van der Waals surface area contributed by atoms with E-state index in [1.165, 1.54) is 30.1 Å². The summed E-state index contributed by atoms with van der Waals surface area (Å²) < 4.78 is 0. The van der Waals surface area contributed by atoms with Crippen molar-refractivity contribution in [2.24, 2.45) is 0 Å². The van der Waals surface area contributed by atoms with Gasteiger partial charge in [-0.25, -0.2) is 0 Å². The van der Waals surface area contributed by atoms with Crippen LogP contribution in [-0.4, -0.2) is 46.9 Å². The summed E-state index contributed by atoms with van der Waals surface area (Å²) in [5, 5.41) is 22.0. The van der Waals surface area contributed by atoms with E-state index in [9.17, 15) is 19.7 Å². The van der Waals surface area contributed by atoms with Crippen molar-refractivity contribution < 1.29 is 19.6 Å². The van der Waals surface area contributed by atoms with Crippen molar-refractivity contribution in [3.05, 3.63) is 34.4 Å². The molecule has 108 valence electrons. The van der Waals surface area contributed by atoms with Crippen molar-refractivity contribution >= 4 is 23.3 Å². The maximum atomic E-state index is 11.7. The molecule has 0 radical (unpaired) electrons. The molecule has 0 aliphatic rings. The second kappa shape index (κ2) is 7.07. The number of benzene rings is 1. The fourth-order valence-corrected chi connectivity index (χ4v) is 1.48. The number of rotatable bonds is 7. The number of para-hydroxylation sites is 2. The van der Waals surface area contributed by atoms with E-state index in [1.807, 2.05) is 0 Å². The summed E-state index contributed by atoms with van der Waals surface area (Å²) in [5.41, 5.74) is 0.131. The molecule has 1 aromatic carbocycles. The first-order valence-corrected chi connectivity index (χ1v) is 5.85. The number of nitro benzene ring substituents is 1. The van der Waals surface area contributed by atoms with Gasteiger partial charge in [-0.15, -0.1) is 0 Å². The van der Waals surface area contributed by atoms with E-state index >= 15 is 0 Å². The third-order valence-corrected chi connectivity index (χ3v) is 2.62. The molecule has 1 amide bonds. The fraction of sp³-hybridized carbons (Fsp3) is 0.333. The summed E-state index contributed by atoms with van der Waals surface area (Å²) in [7, 11) is 1.48. The lowest BCUT2D eigenvalue weighted by Gasteiger charge is -2.16. The van der Waals surface area contributed by atoms with E-state index in [-0.39, 0.29) is 36.8 Å². The molecule has 8 heteroatoms. The second-order valence-corrected chi connectivity index (χ2v) is 4.09. The Balaban J connectivity index is 2.57. The molecular weight excluding hydrogens is 266 g/mol. The van der Waals surface area contributed by atoms with Gasteiger partial charge in [-0.05, 0) is 6.07 Å². The van der Waals surface area contributed by atoms with Crippen LogP contribution in [0.4, 0.5) is 11.4 Å². The minimum atomic E-state index is -0.990. The lowest BCUT2D eigenvalue weighted by Crippen LogP contribution is -2.33. The number of likely N-dealkylation sites (N-methyl/N-ethyl adjacent to an activating group) is 1. The van der Waals surface area contributed by atoms with E-state index in [1.54, 1.807) is 6.07 Å². The summed E-state index contributed by atoms with van der Waals surface area (Å²) in [4.78, 5) is 33.6. The first-order valence-electron chi connectivity index (χ1n) is 5.85. The molecule has 0 unspecified atom stereocenters. The average molecular weight is 281 g/mol. The Bertz CT molecular complexity index is 518. The number of anilines is 1. The van der Waals surface area contributed by atoms with Crippen LogP contribution in [0.3, 0.4) is 0 Å². The molecule has 0 saturated carbocycles. The summed E-state index contributed by atoms with van der Waals surface area (Å²) in [6, 6.07) is 5.99. The van der Waals surface area contributed by atoms with Gasteiger partial charge < -0.3 is 15.3 Å². The van der Waals surface area contributed by atoms with Crippen molar-refractivity contribution in [3.8, 4) is 0 Å². The van der Waals surface area contributed by atoms with Gasteiger partial charge in [-0.2, -0.15) is 0 Å². The number of nitrogens with zero attached hydrogens (tertiary/aromatic N) is 2. The largest absolute Gasteiger partial charge is 0.481 e. The normalized spacial score (nSPS) is 9.85. The molecule has 0 aliphatic heterocycles. The quantitative estimate of drug-likeness (QED) is 0.568. The average Bonchev–Trinajstić information content (AvgIpc) is 2.42.